The van der Waals surface area contributed by atoms with Crippen molar-refractivity contribution in [2.75, 3.05) is 0 Å². The molecular weight excluding hydrogens is 262 g/mol. The zero-order valence-electron chi connectivity index (χ0n) is 3.84. The summed E-state index contributed by atoms with van der Waals surface area (Å²) in [7, 11) is 0. The molecule has 0 saturated heterocycles. The summed E-state index contributed by atoms with van der Waals surface area (Å²) >= 11 is 0. The Balaban J connectivity index is 0.000000360. The van der Waals surface area contributed by atoms with Crippen LogP contribution in [0.5, 0.6) is 0 Å². The molecule has 1 aromatic heterocycles. The van der Waals surface area contributed by atoms with Crippen LogP contribution in [0.15, 0.2) is 10.6 Å². The third-order valence-corrected chi connectivity index (χ3v) is 0.506. The Bertz CT molecular complexity index is 115. The summed E-state index contributed by atoms with van der Waals surface area (Å²) in [5.74, 6) is 0.662. The maximum Gasteiger partial charge on any atom is 0.0305 e. The molecule has 0 amide bonds. The van der Waals surface area contributed by atoms with E-state index in [4.69, 9.17) is 0 Å². The number of oxazole rings is 1. The third-order valence-electron chi connectivity index (χ3n) is 0.506. The van der Waals surface area contributed by atoms with Gasteiger partial charge in [-0.3, -0.25) is 0 Å². The van der Waals surface area contributed by atoms with Gasteiger partial charge in [-0.05, 0) is 6.20 Å². The van der Waals surface area contributed by atoms with E-state index in [1.165, 1.54) is 6.20 Å². The summed E-state index contributed by atoms with van der Waals surface area (Å²) in [6.07, 6.45) is 3.94. The van der Waals surface area contributed by atoms with Crippen molar-refractivity contribution >= 4 is 0 Å². The average Bonchev–Trinajstić information content (AvgIpc) is 1.86. The van der Waals surface area contributed by atoms with E-state index in [9.17, 15) is 0 Å². The number of hydrogen-bond donors (Lipinski definition) is 0. The van der Waals surface area contributed by atoms with E-state index in [-0.39, 0.29) is 21.1 Å². The van der Waals surface area contributed by atoms with Gasteiger partial charge >= 0.3 is 0 Å². The SMILES string of the molecule is Cc1nc[c-]o1.[W]. The first-order valence-corrected chi connectivity index (χ1v) is 1.68. The molecule has 0 unspecified atom stereocenters. The van der Waals surface area contributed by atoms with E-state index in [0.717, 1.165) is 0 Å². The molecule has 7 heavy (non-hydrogen) atoms. The Morgan fingerprint density at radius 2 is 2.57 bits per heavy atom. The van der Waals surface area contributed by atoms with Crippen molar-refractivity contribution in [3.63, 3.8) is 0 Å². The maximum absolute atomic E-state index is 4.60. The van der Waals surface area contributed by atoms with E-state index < -0.39 is 0 Å². The van der Waals surface area contributed by atoms with Crippen LogP contribution in [0.1, 0.15) is 5.89 Å². The topological polar surface area (TPSA) is 26.0 Å². The van der Waals surface area contributed by atoms with Gasteiger partial charge in [0.05, 0.1) is 0 Å². The molecule has 1 aromatic rings. The minimum Gasteiger partial charge on any atom is -0.631 e. The Morgan fingerprint density at radius 3 is 2.71 bits per heavy atom. The molecular formula is C4H4NOW-. The maximum atomic E-state index is 4.60. The molecule has 0 saturated carbocycles. The number of rotatable bonds is 0. The minimum absolute atomic E-state index is 0. The predicted octanol–water partition coefficient (Wildman–Crippen LogP) is 0.781. The molecule has 0 N–H and O–H groups in total. The van der Waals surface area contributed by atoms with Gasteiger partial charge in [0.1, 0.15) is 0 Å². The summed E-state index contributed by atoms with van der Waals surface area (Å²) in [6.45, 7) is 1.77. The van der Waals surface area contributed by atoms with Crippen LogP contribution in [0.2, 0.25) is 0 Å². The van der Waals surface area contributed by atoms with Gasteiger partial charge in [0.15, 0.2) is 0 Å². The average molecular weight is 266 g/mol. The van der Waals surface area contributed by atoms with Gasteiger partial charge in [-0.25, -0.2) is 0 Å². The standard InChI is InChI=1S/C4H4NO.W/c1-4-5-2-3-6-4;/h2H,1H3;/q-1;. The second-order valence-electron chi connectivity index (χ2n) is 0.997. The molecule has 0 aliphatic heterocycles. The first kappa shape index (κ1) is 6.90. The van der Waals surface area contributed by atoms with Crippen molar-refractivity contribution in [2.24, 2.45) is 0 Å². The smallest absolute Gasteiger partial charge is 0.0305 e. The summed E-state index contributed by atoms with van der Waals surface area (Å²) in [4.78, 5) is 3.69. The van der Waals surface area contributed by atoms with E-state index >= 15 is 0 Å². The molecule has 38 valence electrons. The molecule has 0 atom stereocenters. The third kappa shape index (κ3) is 1.88. The predicted molar refractivity (Wildman–Crippen MR) is 20.1 cm³/mol. The van der Waals surface area contributed by atoms with Gasteiger partial charge in [0, 0.05) is 27.0 Å². The summed E-state index contributed by atoms with van der Waals surface area (Å²) in [5, 5.41) is 0. The molecule has 0 aromatic carbocycles. The minimum atomic E-state index is 0. The molecule has 0 aliphatic carbocycles. The van der Waals surface area contributed by atoms with Crippen molar-refractivity contribution in [3.05, 3.63) is 18.4 Å². The molecule has 3 heteroatoms. The van der Waals surface area contributed by atoms with Crippen molar-refractivity contribution < 1.29 is 25.5 Å². The van der Waals surface area contributed by atoms with Crippen LogP contribution in [-0.2, 0) is 21.1 Å². The van der Waals surface area contributed by atoms with Crippen molar-refractivity contribution in [1.29, 1.82) is 0 Å². The Morgan fingerprint density at radius 1 is 1.86 bits per heavy atom. The van der Waals surface area contributed by atoms with Gasteiger partial charge < -0.3 is 9.40 Å². The number of nitrogens with zero attached hydrogens (tertiary/aromatic N) is 1. The van der Waals surface area contributed by atoms with Gasteiger partial charge in [0.2, 0.25) is 0 Å². The molecule has 0 aliphatic rings. The van der Waals surface area contributed by atoms with Gasteiger partial charge in [-0.2, -0.15) is 0 Å². The molecule has 0 bridgehead atoms. The fourth-order valence-electron chi connectivity index (χ4n) is 0.255. The number of aromatic nitrogens is 1. The largest absolute Gasteiger partial charge is 0.631 e. The number of aryl methyl sites for hydroxylation is 1. The Hall–Kier alpha value is -0.102. The normalized spacial score (nSPS) is 7.57. The van der Waals surface area contributed by atoms with Crippen LogP contribution >= 0.6 is 0 Å². The molecule has 2 nitrogen and oxygen atoms in total. The zero-order chi connectivity index (χ0) is 4.41. The van der Waals surface area contributed by atoms with E-state index in [0.29, 0.717) is 5.89 Å². The Labute approximate surface area is 56.2 Å². The first-order chi connectivity index (χ1) is 2.89. The monoisotopic (exact) mass is 266 g/mol. The summed E-state index contributed by atoms with van der Waals surface area (Å²) < 4.78 is 4.60. The van der Waals surface area contributed by atoms with Gasteiger partial charge in [-0.1, -0.05) is 13.2 Å². The van der Waals surface area contributed by atoms with Crippen LogP contribution in [0, 0.1) is 13.2 Å². The molecule has 0 fully saturated rings. The van der Waals surface area contributed by atoms with Crippen LogP contribution in [-0.4, -0.2) is 4.98 Å². The van der Waals surface area contributed by atoms with Crippen LogP contribution in [0.3, 0.4) is 0 Å². The molecule has 1 rings (SSSR count). The van der Waals surface area contributed by atoms with Crippen molar-refractivity contribution in [2.45, 2.75) is 6.92 Å². The van der Waals surface area contributed by atoms with Crippen molar-refractivity contribution in [3.8, 4) is 0 Å². The quantitative estimate of drug-likeness (QED) is 0.648. The van der Waals surface area contributed by atoms with Gasteiger partial charge in [0.25, 0.3) is 0 Å². The Kier molecular flexibility index (Phi) is 2.93. The second kappa shape index (κ2) is 2.97. The molecule has 0 spiro atoms. The fourth-order valence-corrected chi connectivity index (χ4v) is 0.255. The summed E-state index contributed by atoms with van der Waals surface area (Å²) in [6, 6.07) is 0. The fraction of sp³-hybridized carbons (Fsp3) is 0.250. The van der Waals surface area contributed by atoms with Crippen LogP contribution < -0.4 is 0 Å². The van der Waals surface area contributed by atoms with Crippen molar-refractivity contribution in [1.82, 2.24) is 4.98 Å². The van der Waals surface area contributed by atoms with Gasteiger partial charge in [-0.15, -0.1) is 0 Å². The van der Waals surface area contributed by atoms with E-state index in [2.05, 4.69) is 15.7 Å². The first-order valence-electron chi connectivity index (χ1n) is 1.68. The van der Waals surface area contributed by atoms with E-state index in [1.54, 1.807) is 6.92 Å². The molecule has 0 radical (unpaired) electrons. The number of hydrogen-bond acceptors (Lipinski definition) is 2. The zero-order valence-corrected chi connectivity index (χ0v) is 6.77. The van der Waals surface area contributed by atoms with Crippen LogP contribution in [0.4, 0.5) is 0 Å². The summed E-state index contributed by atoms with van der Waals surface area (Å²) in [5.41, 5.74) is 0. The molecule has 1 heterocycles. The second-order valence-corrected chi connectivity index (χ2v) is 0.997. The van der Waals surface area contributed by atoms with Crippen LogP contribution in [0.25, 0.3) is 0 Å². The van der Waals surface area contributed by atoms with E-state index in [1.807, 2.05) is 0 Å².